The highest BCUT2D eigenvalue weighted by atomic mass is 16.5. The Hall–Kier alpha value is -0.0800. The normalized spacial score (nSPS) is 13.6. The van der Waals surface area contributed by atoms with Crippen molar-refractivity contribution in [2.24, 2.45) is 5.73 Å². The largest absolute Gasteiger partial charge is 0.368 e. The van der Waals surface area contributed by atoms with E-state index in [1.165, 1.54) is 0 Å². The molecule has 2 N–H and O–H groups in total. The second-order valence-corrected chi connectivity index (χ2v) is 4.18. The molecule has 0 radical (unpaired) electrons. The topological polar surface area (TPSA) is 35.2 Å². The Morgan fingerprint density at radius 2 is 1.55 bits per heavy atom. The van der Waals surface area contributed by atoms with Crippen LogP contribution in [-0.2, 0) is 4.74 Å². The van der Waals surface area contributed by atoms with Gasteiger partial charge in [0.2, 0.25) is 0 Å². The minimum atomic E-state index is -0.195. The highest BCUT2D eigenvalue weighted by Crippen LogP contribution is 2.21. The molecule has 0 saturated heterocycles. The van der Waals surface area contributed by atoms with Gasteiger partial charge in [0.15, 0.2) is 0 Å². The zero-order valence-electron chi connectivity index (χ0n) is 8.40. The molecule has 0 aliphatic rings. The van der Waals surface area contributed by atoms with E-state index < -0.39 is 0 Å². The molecular formula is C9H21NO. The third kappa shape index (κ3) is 4.38. The van der Waals surface area contributed by atoms with Crippen molar-refractivity contribution >= 4 is 0 Å². The van der Waals surface area contributed by atoms with Crippen LogP contribution in [0.5, 0.6) is 0 Å². The summed E-state index contributed by atoms with van der Waals surface area (Å²) >= 11 is 0. The fourth-order valence-electron chi connectivity index (χ4n) is 0.862. The van der Waals surface area contributed by atoms with Crippen LogP contribution >= 0.6 is 0 Å². The first-order chi connectivity index (χ1) is 4.83. The molecule has 0 saturated carbocycles. The third-order valence-electron chi connectivity index (χ3n) is 1.90. The van der Waals surface area contributed by atoms with Gasteiger partial charge in [-0.3, -0.25) is 0 Å². The van der Waals surface area contributed by atoms with E-state index >= 15 is 0 Å². The van der Waals surface area contributed by atoms with Gasteiger partial charge in [0.05, 0.1) is 11.2 Å². The van der Waals surface area contributed by atoms with Gasteiger partial charge in [-0.15, -0.1) is 0 Å². The summed E-state index contributed by atoms with van der Waals surface area (Å²) in [5.41, 5.74) is 5.30. The van der Waals surface area contributed by atoms with E-state index in [2.05, 4.69) is 20.8 Å². The molecule has 0 aliphatic carbocycles. The SMILES string of the molecule is CCC(C)(C)OC(C)(C)CN. The Morgan fingerprint density at radius 3 is 1.82 bits per heavy atom. The van der Waals surface area contributed by atoms with E-state index in [0.717, 1.165) is 6.42 Å². The van der Waals surface area contributed by atoms with Crippen molar-refractivity contribution in [1.29, 1.82) is 0 Å². The summed E-state index contributed by atoms with van der Waals surface area (Å²) in [7, 11) is 0. The van der Waals surface area contributed by atoms with E-state index in [9.17, 15) is 0 Å². The zero-order chi connectivity index (χ0) is 9.12. The van der Waals surface area contributed by atoms with Crippen LogP contribution in [0.2, 0.25) is 0 Å². The van der Waals surface area contributed by atoms with E-state index in [1.54, 1.807) is 0 Å². The first-order valence-corrected chi connectivity index (χ1v) is 4.23. The van der Waals surface area contributed by atoms with E-state index in [0.29, 0.717) is 6.54 Å². The van der Waals surface area contributed by atoms with Gasteiger partial charge in [-0.25, -0.2) is 0 Å². The number of hydrogen-bond donors (Lipinski definition) is 1. The Balaban J connectivity index is 4.02. The fraction of sp³-hybridized carbons (Fsp3) is 1.00. The van der Waals surface area contributed by atoms with Gasteiger partial charge in [-0.05, 0) is 34.1 Å². The fourth-order valence-corrected chi connectivity index (χ4v) is 0.862. The average Bonchev–Trinajstić information content (AvgIpc) is 1.86. The Labute approximate surface area is 70.1 Å². The van der Waals surface area contributed by atoms with Crippen molar-refractivity contribution in [3.63, 3.8) is 0 Å². The smallest absolute Gasteiger partial charge is 0.0755 e. The van der Waals surface area contributed by atoms with Crippen molar-refractivity contribution in [1.82, 2.24) is 0 Å². The maximum Gasteiger partial charge on any atom is 0.0755 e. The van der Waals surface area contributed by atoms with Gasteiger partial charge in [0.25, 0.3) is 0 Å². The highest BCUT2D eigenvalue weighted by molar-refractivity contribution is 4.76. The predicted octanol–water partition coefficient (Wildman–Crippen LogP) is 1.93. The molecule has 0 amide bonds. The lowest BCUT2D eigenvalue weighted by Gasteiger charge is -2.34. The van der Waals surface area contributed by atoms with E-state index in [4.69, 9.17) is 10.5 Å². The number of hydrogen-bond acceptors (Lipinski definition) is 2. The molecule has 0 fully saturated rings. The molecule has 0 rings (SSSR count). The summed E-state index contributed by atoms with van der Waals surface area (Å²) in [6.45, 7) is 10.9. The first-order valence-electron chi connectivity index (χ1n) is 4.23. The molecular weight excluding hydrogens is 138 g/mol. The van der Waals surface area contributed by atoms with Crippen LogP contribution in [0.4, 0.5) is 0 Å². The summed E-state index contributed by atoms with van der Waals surface area (Å²) in [6.07, 6.45) is 1.01. The van der Waals surface area contributed by atoms with Gasteiger partial charge >= 0.3 is 0 Å². The molecule has 0 aromatic carbocycles. The zero-order valence-corrected chi connectivity index (χ0v) is 8.40. The van der Waals surface area contributed by atoms with Crippen molar-refractivity contribution in [2.75, 3.05) is 6.54 Å². The van der Waals surface area contributed by atoms with Crippen molar-refractivity contribution in [3.8, 4) is 0 Å². The molecule has 2 nitrogen and oxygen atoms in total. The van der Waals surface area contributed by atoms with Crippen LogP contribution in [0.25, 0.3) is 0 Å². The highest BCUT2D eigenvalue weighted by Gasteiger charge is 2.26. The van der Waals surface area contributed by atoms with Gasteiger partial charge in [-0.2, -0.15) is 0 Å². The second kappa shape index (κ2) is 3.55. The Morgan fingerprint density at radius 1 is 1.09 bits per heavy atom. The van der Waals surface area contributed by atoms with Crippen molar-refractivity contribution in [3.05, 3.63) is 0 Å². The van der Waals surface area contributed by atoms with Crippen LogP contribution in [0.15, 0.2) is 0 Å². The van der Waals surface area contributed by atoms with Gasteiger partial charge in [0, 0.05) is 6.54 Å². The molecule has 0 aromatic heterocycles. The van der Waals surface area contributed by atoms with Crippen molar-refractivity contribution in [2.45, 2.75) is 52.2 Å². The molecule has 0 heterocycles. The van der Waals surface area contributed by atoms with E-state index in [-0.39, 0.29) is 11.2 Å². The van der Waals surface area contributed by atoms with Gasteiger partial charge in [0.1, 0.15) is 0 Å². The maximum atomic E-state index is 5.80. The molecule has 0 unspecified atom stereocenters. The molecule has 0 bridgehead atoms. The molecule has 0 aliphatic heterocycles. The van der Waals surface area contributed by atoms with E-state index in [1.807, 2.05) is 13.8 Å². The Kier molecular flexibility index (Phi) is 3.52. The van der Waals surface area contributed by atoms with Crippen LogP contribution in [0, 0.1) is 0 Å². The molecule has 68 valence electrons. The third-order valence-corrected chi connectivity index (χ3v) is 1.90. The molecule has 0 atom stereocenters. The lowest BCUT2D eigenvalue weighted by Crippen LogP contribution is -2.41. The predicted molar refractivity (Wildman–Crippen MR) is 48.6 cm³/mol. The molecule has 0 spiro atoms. The van der Waals surface area contributed by atoms with Crippen LogP contribution in [0.1, 0.15) is 41.0 Å². The monoisotopic (exact) mass is 159 g/mol. The summed E-state index contributed by atoms with van der Waals surface area (Å²) in [5, 5.41) is 0. The minimum absolute atomic E-state index is 0.0527. The van der Waals surface area contributed by atoms with Crippen LogP contribution < -0.4 is 5.73 Å². The Bertz CT molecular complexity index is 105. The quantitative estimate of drug-likeness (QED) is 0.680. The number of nitrogens with two attached hydrogens (primary N) is 1. The van der Waals surface area contributed by atoms with Gasteiger partial charge < -0.3 is 10.5 Å². The molecule has 2 heteroatoms. The minimum Gasteiger partial charge on any atom is -0.368 e. The lowest BCUT2D eigenvalue weighted by molar-refractivity contribution is -0.118. The van der Waals surface area contributed by atoms with Gasteiger partial charge in [-0.1, -0.05) is 6.92 Å². The maximum absolute atomic E-state index is 5.80. The molecule has 0 aromatic rings. The van der Waals surface area contributed by atoms with Crippen LogP contribution in [0.3, 0.4) is 0 Å². The van der Waals surface area contributed by atoms with Crippen molar-refractivity contribution < 1.29 is 4.74 Å². The van der Waals surface area contributed by atoms with Crippen LogP contribution in [-0.4, -0.2) is 17.7 Å². The summed E-state index contributed by atoms with van der Waals surface area (Å²) in [6, 6.07) is 0. The summed E-state index contributed by atoms with van der Waals surface area (Å²) < 4.78 is 5.80. The lowest BCUT2D eigenvalue weighted by atomic mass is 10.0. The standard InChI is InChI=1S/C9H21NO/c1-6-8(2,3)11-9(4,5)7-10/h6-7,10H2,1-5H3. The first kappa shape index (κ1) is 10.9. The molecule has 11 heavy (non-hydrogen) atoms. The second-order valence-electron chi connectivity index (χ2n) is 4.18. The average molecular weight is 159 g/mol. The summed E-state index contributed by atoms with van der Waals surface area (Å²) in [4.78, 5) is 0. The number of ether oxygens (including phenoxy) is 1. The number of rotatable bonds is 4. The summed E-state index contributed by atoms with van der Waals surface area (Å²) in [5.74, 6) is 0.